The van der Waals surface area contributed by atoms with E-state index >= 15 is 0 Å². The summed E-state index contributed by atoms with van der Waals surface area (Å²) in [6, 6.07) is 8.69. The Morgan fingerprint density at radius 3 is 2.61 bits per heavy atom. The van der Waals surface area contributed by atoms with Crippen molar-refractivity contribution in [1.82, 2.24) is 19.2 Å². The molecule has 3 heterocycles. The Kier molecular flexibility index (Phi) is 5.72. The molecular formula is C19H20ClN5O2S. The zero-order valence-corrected chi connectivity index (χ0v) is 16.7. The quantitative estimate of drug-likeness (QED) is 0.689. The maximum Gasteiger partial charge on any atom is 0.258 e. The Bertz CT molecular complexity index is 1020. The summed E-state index contributed by atoms with van der Waals surface area (Å²) >= 11 is 7.32. The van der Waals surface area contributed by atoms with Crippen molar-refractivity contribution in [3.05, 3.63) is 63.0 Å². The molecule has 9 heteroatoms. The first kappa shape index (κ1) is 19.1. The number of rotatable bonds is 5. The first-order valence-electron chi connectivity index (χ1n) is 9.03. The summed E-state index contributed by atoms with van der Waals surface area (Å²) in [5, 5.41) is 5.39. The van der Waals surface area contributed by atoms with Gasteiger partial charge in [0.2, 0.25) is 5.91 Å². The monoisotopic (exact) mass is 417 g/mol. The number of hydrogen-bond donors (Lipinski definition) is 1. The number of halogens is 1. The third kappa shape index (κ3) is 4.59. The topological polar surface area (TPSA) is 70.0 Å². The van der Waals surface area contributed by atoms with Crippen molar-refractivity contribution in [3.8, 4) is 0 Å². The van der Waals surface area contributed by atoms with Gasteiger partial charge in [0.1, 0.15) is 0 Å². The fraction of sp³-hybridized carbons (Fsp3) is 0.316. The summed E-state index contributed by atoms with van der Waals surface area (Å²) in [7, 11) is 0. The number of aromatic nitrogens is 2. The Labute approximate surface area is 171 Å². The second-order valence-electron chi connectivity index (χ2n) is 6.75. The maximum absolute atomic E-state index is 12.2. The van der Waals surface area contributed by atoms with Crippen molar-refractivity contribution < 1.29 is 4.79 Å². The van der Waals surface area contributed by atoms with Crippen LogP contribution >= 0.6 is 22.9 Å². The number of amides is 1. The lowest BCUT2D eigenvalue weighted by molar-refractivity contribution is -0.117. The summed E-state index contributed by atoms with van der Waals surface area (Å²) in [6.07, 6.45) is 1.74. The highest BCUT2D eigenvalue weighted by Gasteiger charge is 2.20. The predicted molar refractivity (Wildman–Crippen MR) is 111 cm³/mol. The minimum Gasteiger partial charge on any atom is -0.325 e. The van der Waals surface area contributed by atoms with Crippen molar-refractivity contribution in [2.75, 3.05) is 38.0 Å². The summed E-state index contributed by atoms with van der Waals surface area (Å²) < 4.78 is 1.56. The minimum absolute atomic E-state index is 0.0337. The third-order valence-corrected chi connectivity index (χ3v) is 5.71. The van der Waals surface area contributed by atoms with Gasteiger partial charge in [0.05, 0.1) is 12.2 Å². The molecule has 0 bridgehead atoms. The lowest BCUT2D eigenvalue weighted by Crippen LogP contribution is -2.48. The van der Waals surface area contributed by atoms with Gasteiger partial charge in [-0.05, 0) is 24.3 Å². The molecule has 1 aliphatic heterocycles. The van der Waals surface area contributed by atoms with E-state index in [4.69, 9.17) is 11.6 Å². The third-order valence-electron chi connectivity index (χ3n) is 4.70. The molecule has 28 heavy (non-hydrogen) atoms. The highest BCUT2D eigenvalue weighted by Crippen LogP contribution is 2.14. The molecule has 1 aromatic carbocycles. The molecule has 146 valence electrons. The molecule has 0 aliphatic carbocycles. The molecule has 0 unspecified atom stereocenters. The lowest BCUT2D eigenvalue weighted by Gasteiger charge is -2.34. The summed E-state index contributed by atoms with van der Waals surface area (Å²) in [5.41, 5.74) is 1.49. The first-order chi connectivity index (χ1) is 13.6. The van der Waals surface area contributed by atoms with Gasteiger partial charge in [0.15, 0.2) is 4.96 Å². The van der Waals surface area contributed by atoms with Gasteiger partial charge < -0.3 is 5.32 Å². The number of nitrogens with zero attached hydrogens (tertiary/aromatic N) is 4. The van der Waals surface area contributed by atoms with Gasteiger partial charge >= 0.3 is 0 Å². The number of carbonyl (C=O) groups excluding carboxylic acids is 1. The van der Waals surface area contributed by atoms with E-state index < -0.39 is 0 Å². The van der Waals surface area contributed by atoms with Crippen LogP contribution in [0.4, 0.5) is 5.69 Å². The van der Waals surface area contributed by atoms with Crippen LogP contribution < -0.4 is 10.9 Å². The second kappa shape index (κ2) is 8.40. The Hall–Kier alpha value is -2.26. The number of piperazine rings is 1. The molecule has 0 spiro atoms. The fourth-order valence-electron chi connectivity index (χ4n) is 3.24. The van der Waals surface area contributed by atoms with Gasteiger partial charge in [-0.2, -0.15) is 0 Å². The molecule has 1 fully saturated rings. The van der Waals surface area contributed by atoms with Gasteiger partial charge in [-0.1, -0.05) is 11.6 Å². The number of nitrogens with one attached hydrogen (secondary N) is 1. The molecule has 2 aromatic heterocycles. The average molecular weight is 418 g/mol. The Morgan fingerprint density at radius 1 is 1.14 bits per heavy atom. The van der Waals surface area contributed by atoms with Gasteiger partial charge in [-0.15, -0.1) is 11.3 Å². The molecule has 1 saturated heterocycles. The van der Waals surface area contributed by atoms with E-state index in [1.165, 1.54) is 11.3 Å². The number of thiazole rings is 1. The van der Waals surface area contributed by atoms with Gasteiger partial charge in [-0.25, -0.2) is 4.98 Å². The summed E-state index contributed by atoms with van der Waals surface area (Å²) in [4.78, 5) is 34.0. The van der Waals surface area contributed by atoms with Gasteiger partial charge in [0, 0.05) is 61.1 Å². The zero-order valence-electron chi connectivity index (χ0n) is 15.2. The highest BCUT2D eigenvalue weighted by atomic mass is 35.5. The van der Waals surface area contributed by atoms with E-state index in [0.29, 0.717) is 18.1 Å². The molecule has 0 atom stereocenters. The molecule has 1 aliphatic rings. The van der Waals surface area contributed by atoms with Crippen LogP contribution in [0.2, 0.25) is 5.02 Å². The maximum atomic E-state index is 12.2. The highest BCUT2D eigenvalue weighted by molar-refractivity contribution is 7.15. The average Bonchev–Trinajstić information content (AvgIpc) is 3.14. The normalized spacial score (nSPS) is 15.8. The van der Waals surface area contributed by atoms with E-state index in [1.54, 1.807) is 40.9 Å². The van der Waals surface area contributed by atoms with Crippen LogP contribution in [-0.2, 0) is 11.3 Å². The van der Waals surface area contributed by atoms with E-state index in [2.05, 4.69) is 20.1 Å². The Balaban J connectivity index is 1.27. The number of fused-ring (bicyclic) bond motifs is 1. The second-order valence-corrected chi connectivity index (χ2v) is 8.06. The van der Waals surface area contributed by atoms with Gasteiger partial charge in [0.25, 0.3) is 5.56 Å². The summed E-state index contributed by atoms with van der Waals surface area (Å²) in [5.74, 6) is -0.0337. The van der Waals surface area contributed by atoms with Crippen molar-refractivity contribution in [2.45, 2.75) is 6.54 Å². The minimum atomic E-state index is -0.0428. The number of benzene rings is 1. The molecule has 7 nitrogen and oxygen atoms in total. The lowest BCUT2D eigenvalue weighted by atomic mass is 10.2. The molecule has 0 saturated carbocycles. The van der Waals surface area contributed by atoms with E-state index in [1.807, 2.05) is 5.38 Å². The van der Waals surface area contributed by atoms with E-state index in [-0.39, 0.29) is 11.5 Å². The molecule has 1 N–H and O–H groups in total. The van der Waals surface area contributed by atoms with Crippen molar-refractivity contribution in [2.24, 2.45) is 0 Å². The van der Waals surface area contributed by atoms with E-state index in [0.717, 1.165) is 42.5 Å². The van der Waals surface area contributed by atoms with Crippen LogP contribution in [-0.4, -0.2) is 57.8 Å². The van der Waals surface area contributed by atoms with Crippen molar-refractivity contribution in [1.29, 1.82) is 0 Å². The molecular weight excluding hydrogens is 398 g/mol. The van der Waals surface area contributed by atoms with Crippen molar-refractivity contribution in [3.63, 3.8) is 0 Å². The van der Waals surface area contributed by atoms with E-state index in [9.17, 15) is 9.59 Å². The standard InChI is InChI=1S/C19H20ClN5O2S/c20-14-1-3-15(4-2-14)21-17(26)13-24-7-5-23(6-8-24)12-16-11-18(27)25-9-10-28-19(25)22-16/h1-4,9-11H,5-8,12-13H2,(H,21,26). The van der Waals surface area contributed by atoms with Crippen LogP contribution in [0, 0.1) is 0 Å². The first-order valence-corrected chi connectivity index (χ1v) is 10.3. The number of hydrogen-bond acceptors (Lipinski definition) is 6. The molecule has 0 radical (unpaired) electrons. The van der Waals surface area contributed by atoms with Crippen LogP contribution in [0.25, 0.3) is 4.96 Å². The smallest absolute Gasteiger partial charge is 0.258 e. The SMILES string of the molecule is O=C(CN1CCN(Cc2cc(=O)n3ccsc3n2)CC1)Nc1ccc(Cl)cc1. The zero-order chi connectivity index (χ0) is 19.5. The Morgan fingerprint density at radius 2 is 1.86 bits per heavy atom. The molecule has 3 aromatic rings. The van der Waals surface area contributed by atoms with Crippen LogP contribution in [0.1, 0.15) is 5.69 Å². The van der Waals surface area contributed by atoms with Crippen molar-refractivity contribution >= 4 is 39.5 Å². The fourth-order valence-corrected chi connectivity index (χ4v) is 4.10. The van der Waals surface area contributed by atoms with Gasteiger partial charge in [-0.3, -0.25) is 23.8 Å². The molecule has 4 rings (SSSR count). The largest absolute Gasteiger partial charge is 0.325 e. The van der Waals surface area contributed by atoms with Crippen LogP contribution in [0.5, 0.6) is 0 Å². The predicted octanol–water partition coefficient (Wildman–Crippen LogP) is 2.17. The van der Waals surface area contributed by atoms with Crippen LogP contribution in [0.3, 0.4) is 0 Å². The number of carbonyl (C=O) groups is 1. The molecule has 1 amide bonds. The van der Waals surface area contributed by atoms with Crippen LogP contribution in [0.15, 0.2) is 46.7 Å². The summed E-state index contributed by atoms with van der Waals surface area (Å²) in [6.45, 7) is 4.27. The number of anilines is 1.